The number of para-hydroxylation sites is 2. The van der Waals surface area contributed by atoms with Crippen LogP contribution in [0.25, 0.3) is 0 Å². The van der Waals surface area contributed by atoms with Gasteiger partial charge in [0.2, 0.25) is 10.0 Å². The second-order valence-corrected chi connectivity index (χ2v) is 8.06. The Morgan fingerprint density at radius 3 is 2.34 bits per heavy atom. The number of aryl methyl sites for hydroxylation is 1. The molecule has 0 radical (unpaired) electrons. The number of anilines is 1. The Morgan fingerprint density at radius 1 is 1.07 bits per heavy atom. The molecule has 2 aromatic carbocycles. The van der Waals surface area contributed by atoms with E-state index in [2.05, 4.69) is 10.0 Å². The number of carbonyl (C=O) groups excluding carboxylic acids is 2. The first kappa shape index (κ1) is 22.4. The van der Waals surface area contributed by atoms with Crippen molar-refractivity contribution in [2.24, 2.45) is 0 Å². The van der Waals surface area contributed by atoms with Crippen molar-refractivity contribution in [2.75, 3.05) is 19.5 Å². The lowest BCUT2D eigenvalue weighted by molar-refractivity contribution is -0.153. The van der Waals surface area contributed by atoms with Crippen molar-refractivity contribution in [1.29, 1.82) is 0 Å². The van der Waals surface area contributed by atoms with Gasteiger partial charge >= 0.3 is 5.97 Å². The molecule has 1 atom stereocenters. The van der Waals surface area contributed by atoms with Gasteiger partial charge < -0.3 is 14.8 Å². The predicted molar refractivity (Wildman–Crippen MR) is 108 cm³/mol. The normalized spacial score (nSPS) is 12.1. The maximum Gasteiger partial charge on any atom is 0.306 e. The van der Waals surface area contributed by atoms with Gasteiger partial charge in [0.1, 0.15) is 5.75 Å². The van der Waals surface area contributed by atoms with Gasteiger partial charge in [-0.2, -0.15) is 0 Å². The van der Waals surface area contributed by atoms with Crippen LogP contribution in [0, 0.1) is 0 Å². The molecule has 29 heavy (non-hydrogen) atoms. The standard InChI is InChI=1S/C20H24N2O6S/c1-14(20(24)22-17-6-4-5-7-18(17)27-3)28-19(23)13-10-15-8-11-16(12-9-15)29(25,26)21-2/h4-9,11-12,14,21H,10,13H2,1-3H3,(H,22,24). The van der Waals surface area contributed by atoms with Crippen molar-refractivity contribution in [3.63, 3.8) is 0 Å². The molecule has 0 saturated heterocycles. The number of rotatable bonds is 9. The molecule has 1 unspecified atom stereocenters. The third kappa shape index (κ3) is 6.30. The highest BCUT2D eigenvalue weighted by Crippen LogP contribution is 2.23. The van der Waals surface area contributed by atoms with Gasteiger partial charge in [-0.15, -0.1) is 0 Å². The van der Waals surface area contributed by atoms with Crippen LogP contribution in [-0.4, -0.2) is 40.6 Å². The molecule has 9 heteroatoms. The SMILES string of the molecule is CNS(=O)(=O)c1ccc(CCC(=O)OC(C)C(=O)Nc2ccccc2OC)cc1. The summed E-state index contributed by atoms with van der Waals surface area (Å²) < 4.78 is 36.0. The van der Waals surface area contributed by atoms with E-state index < -0.39 is 28.0 Å². The van der Waals surface area contributed by atoms with Crippen LogP contribution in [0.1, 0.15) is 18.9 Å². The highest BCUT2D eigenvalue weighted by Gasteiger charge is 2.19. The van der Waals surface area contributed by atoms with Crippen molar-refractivity contribution in [3.05, 3.63) is 54.1 Å². The number of methoxy groups -OCH3 is 1. The molecule has 0 aromatic heterocycles. The molecule has 0 aliphatic heterocycles. The molecular formula is C20H24N2O6S. The number of ether oxygens (including phenoxy) is 2. The molecular weight excluding hydrogens is 396 g/mol. The molecule has 0 fully saturated rings. The number of nitrogens with one attached hydrogen (secondary N) is 2. The van der Waals surface area contributed by atoms with Crippen molar-refractivity contribution in [2.45, 2.75) is 30.8 Å². The maximum atomic E-state index is 12.2. The Hall–Kier alpha value is -2.91. The van der Waals surface area contributed by atoms with E-state index in [1.807, 2.05) is 0 Å². The number of carbonyl (C=O) groups is 2. The number of esters is 1. The smallest absolute Gasteiger partial charge is 0.306 e. The summed E-state index contributed by atoms with van der Waals surface area (Å²) in [7, 11) is -0.665. The minimum atomic E-state index is -3.50. The maximum absolute atomic E-state index is 12.2. The molecule has 2 aromatic rings. The van der Waals surface area contributed by atoms with Gasteiger partial charge in [-0.05, 0) is 50.2 Å². The van der Waals surface area contributed by atoms with Gasteiger partial charge in [0.05, 0.1) is 17.7 Å². The molecule has 0 heterocycles. The summed E-state index contributed by atoms with van der Waals surface area (Å²) in [5.74, 6) is -0.493. The fourth-order valence-electron chi connectivity index (χ4n) is 2.49. The van der Waals surface area contributed by atoms with Gasteiger partial charge in [-0.1, -0.05) is 24.3 Å². The average molecular weight is 420 g/mol. The number of hydrogen-bond donors (Lipinski definition) is 2. The van der Waals surface area contributed by atoms with E-state index in [4.69, 9.17) is 9.47 Å². The zero-order valence-corrected chi connectivity index (χ0v) is 17.3. The van der Waals surface area contributed by atoms with E-state index in [0.29, 0.717) is 17.9 Å². The fraction of sp³-hybridized carbons (Fsp3) is 0.300. The van der Waals surface area contributed by atoms with Crippen LogP contribution < -0.4 is 14.8 Å². The van der Waals surface area contributed by atoms with Crippen molar-refractivity contribution < 1.29 is 27.5 Å². The second-order valence-electron chi connectivity index (χ2n) is 6.17. The summed E-state index contributed by atoms with van der Waals surface area (Å²) in [4.78, 5) is 24.4. The molecule has 0 aliphatic carbocycles. The molecule has 0 saturated carbocycles. The molecule has 2 rings (SSSR count). The van der Waals surface area contributed by atoms with E-state index in [1.165, 1.54) is 33.2 Å². The topological polar surface area (TPSA) is 111 Å². The van der Waals surface area contributed by atoms with E-state index in [1.54, 1.807) is 36.4 Å². The van der Waals surface area contributed by atoms with Crippen LogP contribution in [0.4, 0.5) is 5.69 Å². The Morgan fingerprint density at radius 2 is 1.72 bits per heavy atom. The molecule has 0 bridgehead atoms. The molecule has 0 spiro atoms. The summed E-state index contributed by atoms with van der Waals surface area (Å²) in [6, 6.07) is 13.1. The first-order valence-corrected chi connectivity index (χ1v) is 10.4. The minimum absolute atomic E-state index is 0.0599. The number of hydrogen-bond acceptors (Lipinski definition) is 6. The van der Waals surface area contributed by atoms with E-state index >= 15 is 0 Å². The van der Waals surface area contributed by atoms with E-state index in [0.717, 1.165) is 5.56 Å². The van der Waals surface area contributed by atoms with Crippen LogP contribution in [0.5, 0.6) is 5.75 Å². The first-order valence-electron chi connectivity index (χ1n) is 8.92. The average Bonchev–Trinajstić information content (AvgIpc) is 2.72. The molecule has 8 nitrogen and oxygen atoms in total. The Balaban J connectivity index is 1.86. The lowest BCUT2D eigenvalue weighted by Gasteiger charge is -2.15. The lowest BCUT2D eigenvalue weighted by atomic mass is 10.1. The van der Waals surface area contributed by atoms with Gasteiger partial charge in [0, 0.05) is 6.42 Å². The van der Waals surface area contributed by atoms with Crippen LogP contribution in [0.15, 0.2) is 53.4 Å². The van der Waals surface area contributed by atoms with Crippen molar-refractivity contribution >= 4 is 27.6 Å². The lowest BCUT2D eigenvalue weighted by Crippen LogP contribution is -2.30. The third-order valence-corrected chi connectivity index (χ3v) is 5.59. The number of amides is 1. The molecule has 0 aliphatic rings. The highest BCUT2D eigenvalue weighted by molar-refractivity contribution is 7.89. The summed E-state index contributed by atoms with van der Waals surface area (Å²) in [6.07, 6.45) is -0.556. The zero-order chi connectivity index (χ0) is 21.4. The summed E-state index contributed by atoms with van der Waals surface area (Å²) >= 11 is 0. The van der Waals surface area contributed by atoms with Crippen molar-refractivity contribution in [1.82, 2.24) is 4.72 Å². The molecule has 2 N–H and O–H groups in total. The fourth-order valence-corrected chi connectivity index (χ4v) is 3.22. The second kappa shape index (κ2) is 10.0. The van der Waals surface area contributed by atoms with Gasteiger partial charge in [-0.25, -0.2) is 13.1 Å². The number of benzene rings is 2. The summed E-state index contributed by atoms with van der Waals surface area (Å²) in [5.41, 5.74) is 1.27. The monoisotopic (exact) mass is 420 g/mol. The van der Waals surface area contributed by atoms with Crippen LogP contribution in [0.2, 0.25) is 0 Å². The van der Waals surface area contributed by atoms with Crippen molar-refractivity contribution in [3.8, 4) is 5.75 Å². The van der Waals surface area contributed by atoms with Crippen LogP contribution in [-0.2, 0) is 30.8 Å². The van der Waals surface area contributed by atoms with E-state index in [9.17, 15) is 18.0 Å². The van der Waals surface area contributed by atoms with Gasteiger partial charge in [0.25, 0.3) is 5.91 Å². The van der Waals surface area contributed by atoms with Crippen LogP contribution in [0.3, 0.4) is 0 Å². The van der Waals surface area contributed by atoms with Gasteiger partial charge in [-0.3, -0.25) is 9.59 Å². The summed E-state index contributed by atoms with van der Waals surface area (Å²) in [6.45, 7) is 1.49. The minimum Gasteiger partial charge on any atom is -0.495 e. The predicted octanol–water partition coefficient (Wildman–Crippen LogP) is 2.11. The largest absolute Gasteiger partial charge is 0.495 e. The number of sulfonamides is 1. The molecule has 156 valence electrons. The van der Waals surface area contributed by atoms with Crippen LogP contribution >= 0.6 is 0 Å². The van der Waals surface area contributed by atoms with Gasteiger partial charge in [0.15, 0.2) is 6.10 Å². The quantitative estimate of drug-likeness (QED) is 0.601. The zero-order valence-electron chi connectivity index (χ0n) is 16.5. The first-order chi connectivity index (χ1) is 13.8. The highest BCUT2D eigenvalue weighted by atomic mass is 32.2. The molecule has 1 amide bonds. The summed E-state index contributed by atoms with van der Waals surface area (Å²) in [5, 5.41) is 2.66. The Labute approximate surface area is 170 Å². The third-order valence-electron chi connectivity index (χ3n) is 4.16. The Kier molecular flexibility index (Phi) is 7.74. The Bertz CT molecular complexity index is 957. The van der Waals surface area contributed by atoms with E-state index in [-0.39, 0.29) is 11.3 Å².